The van der Waals surface area contributed by atoms with Crippen LogP contribution in [0.25, 0.3) is 0 Å². The van der Waals surface area contributed by atoms with Crippen molar-refractivity contribution in [1.29, 1.82) is 0 Å². The number of nitrogens with one attached hydrogen (secondary N) is 1. The summed E-state index contributed by atoms with van der Waals surface area (Å²) in [6, 6.07) is -1.48. The molecule has 2 aromatic rings. The van der Waals surface area contributed by atoms with Gasteiger partial charge in [-0.1, -0.05) is 0 Å². The molecule has 3 N–H and O–H groups in total. The van der Waals surface area contributed by atoms with Gasteiger partial charge in [-0.15, -0.1) is 0 Å². The third-order valence-electron chi connectivity index (χ3n) is 3.76. The van der Waals surface area contributed by atoms with Crippen molar-refractivity contribution >= 4 is 17.4 Å². The lowest BCUT2D eigenvalue weighted by molar-refractivity contribution is -0.459. The van der Waals surface area contributed by atoms with Crippen LogP contribution in [-0.2, 0) is 24.7 Å². The van der Waals surface area contributed by atoms with Crippen LogP contribution in [0.1, 0.15) is 22.3 Å². The second kappa shape index (κ2) is 8.18. The van der Waals surface area contributed by atoms with Crippen molar-refractivity contribution in [2.75, 3.05) is 5.32 Å². The molecular weight excluding hydrogens is 476 g/mol. The molecule has 2 rings (SSSR count). The molecule has 0 heterocycles. The average Bonchev–Trinajstić information content (AvgIpc) is 2.58. The number of urea groups is 1. The molecule has 2 amide bonds. The molecule has 0 saturated carbocycles. The lowest BCUT2D eigenvalue weighted by Gasteiger charge is -2.15. The number of hydrogen-bond donors (Lipinski definition) is 2. The highest BCUT2D eigenvalue weighted by molar-refractivity contribution is 5.83. The molecule has 0 unspecified atom stereocenters. The molecule has 0 atom stereocenters. The molecule has 3 nitrogen and oxygen atoms in total. The second-order valence-electron chi connectivity index (χ2n) is 6.27. The van der Waals surface area contributed by atoms with Crippen LogP contribution < -0.4 is 10.6 Å². The van der Waals surface area contributed by atoms with Crippen LogP contribution in [0.2, 0.25) is 0 Å². The first-order chi connectivity index (χ1) is 14.3. The zero-order valence-corrected chi connectivity index (χ0v) is 15.0. The van der Waals surface area contributed by atoms with Gasteiger partial charge in [0.05, 0.1) is 22.3 Å². The van der Waals surface area contributed by atoms with Gasteiger partial charge in [0.1, 0.15) is 5.69 Å². The molecule has 32 heavy (non-hydrogen) atoms. The quantitative estimate of drug-likeness (QED) is 0.387. The third-order valence-corrected chi connectivity index (χ3v) is 3.76. The summed E-state index contributed by atoms with van der Waals surface area (Å²) in [4.78, 5) is 11.9. The Bertz CT molecular complexity index is 859. The first-order valence-electron chi connectivity index (χ1n) is 8.01. The Kier molecular flexibility index (Phi) is 6.47. The molecule has 0 aliphatic carbocycles. The molecule has 0 spiro atoms. The normalized spacial score (nSPS) is 13.2. The average molecular weight is 485 g/mol. The Hall–Kier alpha value is -2.97. The lowest BCUT2D eigenvalue weighted by atomic mass is 10.1. The van der Waals surface area contributed by atoms with Crippen LogP contribution in [-0.4, -0.2) is 6.03 Å². The highest BCUT2D eigenvalue weighted by Crippen LogP contribution is 2.38. The maximum absolute atomic E-state index is 12.8. The van der Waals surface area contributed by atoms with Crippen molar-refractivity contribution in [1.82, 2.24) is 0 Å². The van der Waals surface area contributed by atoms with E-state index in [1.54, 1.807) is 5.32 Å². The van der Waals surface area contributed by atoms with E-state index in [-0.39, 0.29) is 41.7 Å². The Balaban J connectivity index is 2.39. The first kappa shape index (κ1) is 25.3. The molecule has 176 valence electrons. The molecule has 15 heteroatoms. The van der Waals surface area contributed by atoms with Crippen molar-refractivity contribution in [3.8, 4) is 0 Å². The zero-order chi connectivity index (χ0) is 24.7. The number of alkyl halides is 12. The number of primary amides is 1. The Morgan fingerprint density at radius 1 is 0.562 bits per heavy atom. The van der Waals surface area contributed by atoms with Crippen LogP contribution in [0.4, 0.5) is 68.9 Å². The van der Waals surface area contributed by atoms with Gasteiger partial charge in [0.15, 0.2) is 0 Å². The summed E-state index contributed by atoms with van der Waals surface area (Å²) in [7, 11) is 0. The minimum atomic E-state index is -5.24. The summed E-state index contributed by atoms with van der Waals surface area (Å²) < 4.78 is 154. The summed E-state index contributed by atoms with van der Waals surface area (Å²) >= 11 is 0. The number of carbonyl (C=O) groups excluding carboxylic acids is 1. The third kappa shape index (κ3) is 6.51. The van der Waals surface area contributed by atoms with E-state index >= 15 is 0 Å². The van der Waals surface area contributed by atoms with E-state index in [1.165, 1.54) is 0 Å². The number of rotatable bonds is 2. The SMILES string of the molecule is O=C(Nc1cc(C(F)(F)F)cc(C(F)(F)F)c1)[NH2+]c1cc(C(F)(F)F)cc(C(F)(F)F)c1. The van der Waals surface area contributed by atoms with Crippen molar-refractivity contribution < 1.29 is 62.8 Å². The predicted octanol–water partition coefficient (Wildman–Crippen LogP) is 6.19. The summed E-state index contributed by atoms with van der Waals surface area (Å²) in [5.74, 6) is 0. The van der Waals surface area contributed by atoms with Gasteiger partial charge in [-0.05, 0) is 24.3 Å². The molecule has 0 saturated heterocycles. The minimum Gasteiger partial charge on any atom is -0.275 e. The molecule has 0 radical (unpaired) electrons. The van der Waals surface area contributed by atoms with Crippen LogP contribution >= 0.6 is 0 Å². The van der Waals surface area contributed by atoms with E-state index in [4.69, 9.17) is 0 Å². The van der Waals surface area contributed by atoms with Gasteiger partial charge in [0.2, 0.25) is 0 Å². The number of nitrogens with two attached hydrogens (primary N) is 1. The molecule has 0 aliphatic heterocycles. The highest BCUT2D eigenvalue weighted by atomic mass is 19.4. The predicted molar refractivity (Wildman–Crippen MR) is 83.5 cm³/mol. The number of halogens is 12. The fourth-order valence-corrected chi connectivity index (χ4v) is 2.42. The summed E-state index contributed by atoms with van der Waals surface area (Å²) in [5.41, 5.74) is -9.10. The van der Waals surface area contributed by atoms with E-state index in [2.05, 4.69) is 0 Å². The first-order valence-corrected chi connectivity index (χ1v) is 8.01. The number of amides is 2. The van der Waals surface area contributed by atoms with E-state index in [0.717, 1.165) is 0 Å². The molecule has 0 aromatic heterocycles. The van der Waals surface area contributed by atoms with Gasteiger partial charge in [-0.3, -0.25) is 5.32 Å². The molecular formula is C17H9F12N2O+. The number of benzene rings is 2. The Morgan fingerprint density at radius 3 is 1.19 bits per heavy atom. The standard InChI is InChI=1S/C17H8F12N2O/c18-14(19,20)7-1-8(15(21,22)23)4-11(3-7)30-13(32)31-12-5-9(16(24,25)26)2-10(6-12)17(27,28)29/h1-6H,(H2,30,31,32)/p+1. The van der Waals surface area contributed by atoms with Gasteiger partial charge < -0.3 is 0 Å². The Morgan fingerprint density at radius 2 is 0.875 bits per heavy atom. The van der Waals surface area contributed by atoms with Crippen molar-refractivity contribution in [2.24, 2.45) is 0 Å². The largest absolute Gasteiger partial charge is 0.422 e. The summed E-state index contributed by atoms with van der Waals surface area (Å²) in [6.07, 6.45) is -21.0. The molecule has 0 fully saturated rings. The van der Waals surface area contributed by atoms with E-state index in [0.29, 0.717) is 0 Å². The monoisotopic (exact) mass is 485 g/mol. The van der Waals surface area contributed by atoms with Gasteiger partial charge in [-0.25, -0.2) is 10.1 Å². The second-order valence-corrected chi connectivity index (χ2v) is 6.27. The topological polar surface area (TPSA) is 45.7 Å². The fourth-order valence-electron chi connectivity index (χ4n) is 2.42. The van der Waals surface area contributed by atoms with Gasteiger partial charge >= 0.3 is 30.7 Å². The van der Waals surface area contributed by atoms with Crippen molar-refractivity contribution in [3.05, 3.63) is 58.7 Å². The minimum absolute atomic E-state index is 0.119. The van der Waals surface area contributed by atoms with Crippen LogP contribution in [0.3, 0.4) is 0 Å². The van der Waals surface area contributed by atoms with E-state index in [1.807, 2.05) is 0 Å². The number of anilines is 1. The fraction of sp³-hybridized carbons (Fsp3) is 0.235. The maximum atomic E-state index is 12.8. The number of quaternary nitrogens is 1. The lowest BCUT2D eigenvalue weighted by Crippen LogP contribution is -2.83. The molecule has 0 bridgehead atoms. The number of hydrogen-bond acceptors (Lipinski definition) is 1. The van der Waals surface area contributed by atoms with Crippen LogP contribution in [0.5, 0.6) is 0 Å². The van der Waals surface area contributed by atoms with Gasteiger partial charge in [-0.2, -0.15) is 52.7 Å². The van der Waals surface area contributed by atoms with E-state index in [9.17, 15) is 57.5 Å². The van der Waals surface area contributed by atoms with Crippen LogP contribution in [0.15, 0.2) is 36.4 Å². The van der Waals surface area contributed by atoms with Crippen molar-refractivity contribution in [3.63, 3.8) is 0 Å². The van der Waals surface area contributed by atoms with Gasteiger partial charge in [0.25, 0.3) is 0 Å². The Labute approximate surface area is 170 Å². The highest BCUT2D eigenvalue weighted by Gasteiger charge is 2.39. The number of carbonyl (C=O) groups is 1. The molecule has 2 aromatic carbocycles. The van der Waals surface area contributed by atoms with Crippen molar-refractivity contribution in [2.45, 2.75) is 24.7 Å². The van der Waals surface area contributed by atoms with Crippen LogP contribution in [0, 0.1) is 0 Å². The summed E-state index contributed by atoms with van der Waals surface area (Å²) in [5, 5.41) is 1.74. The van der Waals surface area contributed by atoms with Gasteiger partial charge in [0, 0.05) is 17.8 Å². The summed E-state index contributed by atoms with van der Waals surface area (Å²) in [6.45, 7) is 0. The van der Waals surface area contributed by atoms with E-state index < -0.39 is 64.4 Å². The maximum Gasteiger partial charge on any atom is 0.422 e. The smallest absolute Gasteiger partial charge is 0.275 e. The molecule has 0 aliphatic rings. The zero-order valence-electron chi connectivity index (χ0n) is 15.0.